The van der Waals surface area contributed by atoms with Crippen LogP contribution in [0.5, 0.6) is 0 Å². The molecule has 2 N–H and O–H groups in total. The number of anilines is 1. The SMILES string of the molecule is CC(C)(C)OC(=O)NCC1CCC(C(=O)N2CCc3ccccc3[C@H]2C(=O)Nc2ccc(C(=O)OC(C)(C)C)cc2)CC1. The molecule has 1 saturated carbocycles. The summed E-state index contributed by atoms with van der Waals surface area (Å²) in [5.74, 6) is -0.624. The Kier molecular flexibility index (Phi) is 9.82. The molecule has 3 amide bonds. The van der Waals surface area contributed by atoms with Gasteiger partial charge in [-0.25, -0.2) is 9.59 Å². The van der Waals surface area contributed by atoms with E-state index in [2.05, 4.69) is 10.6 Å². The summed E-state index contributed by atoms with van der Waals surface area (Å²) in [4.78, 5) is 53.9. The highest BCUT2D eigenvalue weighted by Crippen LogP contribution is 2.36. The molecule has 0 aromatic heterocycles. The van der Waals surface area contributed by atoms with E-state index >= 15 is 0 Å². The number of fused-ring (bicyclic) bond motifs is 1. The van der Waals surface area contributed by atoms with Crippen molar-refractivity contribution < 1.29 is 28.7 Å². The maximum Gasteiger partial charge on any atom is 0.407 e. The van der Waals surface area contributed by atoms with Gasteiger partial charge in [-0.3, -0.25) is 9.59 Å². The van der Waals surface area contributed by atoms with Crippen LogP contribution < -0.4 is 10.6 Å². The third-order valence-corrected chi connectivity index (χ3v) is 7.73. The summed E-state index contributed by atoms with van der Waals surface area (Å²) in [6, 6.07) is 13.6. The van der Waals surface area contributed by atoms with Gasteiger partial charge in [-0.15, -0.1) is 0 Å². The van der Waals surface area contributed by atoms with Gasteiger partial charge in [0.25, 0.3) is 5.91 Å². The number of nitrogens with one attached hydrogen (secondary N) is 2. The minimum absolute atomic E-state index is 0.00604. The standard InChI is InChI=1S/C34H45N3O6/c1-33(2,3)42-31(40)25-15-17-26(18-16-25)36-29(38)28-27-10-8-7-9-23(27)19-20-37(28)30(39)24-13-11-22(12-14-24)21-35-32(41)43-34(4,5)6/h7-10,15-18,22,24,28H,11-14,19-21H2,1-6H3,(H,35,41)(H,36,38)/t22?,24?,28-/m0/s1. The first-order chi connectivity index (χ1) is 20.2. The highest BCUT2D eigenvalue weighted by molar-refractivity contribution is 5.99. The third-order valence-electron chi connectivity index (χ3n) is 7.73. The van der Waals surface area contributed by atoms with Crippen LogP contribution in [0.2, 0.25) is 0 Å². The number of hydrogen-bond donors (Lipinski definition) is 2. The Morgan fingerprint density at radius 1 is 0.837 bits per heavy atom. The zero-order valence-electron chi connectivity index (χ0n) is 26.2. The number of esters is 1. The minimum atomic E-state index is -0.755. The first kappa shape index (κ1) is 32.0. The molecule has 1 aliphatic carbocycles. The molecule has 2 aromatic carbocycles. The van der Waals surface area contributed by atoms with Crippen molar-refractivity contribution in [1.29, 1.82) is 0 Å². The van der Waals surface area contributed by atoms with Crippen molar-refractivity contribution in [2.75, 3.05) is 18.4 Å². The molecule has 43 heavy (non-hydrogen) atoms. The van der Waals surface area contributed by atoms with E-state index in [1.807, 2.05) is 65.8 Å². The smallest absolute Gasteiger partial charge is 0.407 e. The Morgan fingerprint density at radius 3 is 2.09 bits per heavy atom. The van der Waals surface area contributed by atoms with Gasteiger partial charge in [0, 0.05) is 24.7 Å². The normalized spacial score (nSPS) is 20.4. The number of alkyl carbamates (subject to hydrolysis) is 1. The average Bonchev–Trinajstić information content (AvgIpc) is 2.94. The molecule has 0 spiro atoms. The number of rotatable bonds is 6. The Balaban J connectivity index is 1.41. The molecule has 9 nitrogen and oxygen atoms in total. The lowest BCUT2D eigenvalue weighted by atomic mass is 9.80. The molecule has 1 aliphatic heterocycles. The zero-order valence-corrected chi connectivity index (χ0v) is 26.2. The van der Waals surface area contributed by atoms with Gasteiger partial charge in [0.05, 0.1) is 5.56 Å². The first-order valence-electron chi connectivity index (χ1n) is 15.2. The van der Waals surface area contributed by atoms with E-state index in [0.29, 0.717) is 43.6 Å². The van der Waals surface area contributed by atoms with Crippen LogP contribution in [-0.2, 0) is 25.5 Å². The van der Waals surface area contributed by atoms with Crippen molar-refractivity contribution in [1.82, 2.24) is 10.2 Å². The highest BCUT2D eigenvalue weighted by atomic mass is 16.6. The third kappa shape index (κ3) is 8.81. The van der Waals surface area contributed by atoms with Crippen LogP contribution in [0.4, 0.5) is 10.5 Å². The fourth-order valence-electron chi connectivity index (χ4n) is 5.71. The van der Waals surface area contributed by atoms with Crippen molar-refractivity contribution >= 4 is 29.6 Å². The summed E-state index contributed by atoms with van der Waals surface area (Å²) in [7, 11) is 0. The van der Waals surface area contributed by atoms with Crippen molar-refractivity contribution in [3.05, 3.63) is 65.2 Å². The number of hydrogen-bond acceptors (Lipinski definition) is 6. The lowest BCUT2D eigenvalue weighted by Gasteiger charge is -2.39. The van der Waals surface area contributed by atoms with Gasteiger partial charge >= 0.3 is 12.1 Å². The summed E-state index contributed by atoms with van der Waals surface area (Å²) in [6.07, 6.45) is 3.31. The molecule has 232 valence electrons. The topological polar surface area (TPSA) is 114 Å². The van der Waals surface area contributed by atoms with E-state index in [1.54, 1.807) is 29.2 Å². The fraction of sp³-hybridized carbons (Fsp3) is 0.529. The minimum Gasteiger partial charge on any atom is -0.456 e. The van der Waals surface area contributed by atoms with Crippen molar-refractivity contribution in [3.63, 3.8) is 0 Å². The first-order valence-corrected chi connectivity index (χ1v) is 15.2. The maximum absolute atomic E-state index is 13.9. The van der Waals surface area contributed by atoms with E-state index in [4.69, 9.17) is 9.47 Å². The predicted octanol–water partition coefficient (Wildman–Crippen LogP) is 6.04. The van der Waals surface area contributed by atoms with Gasteiger partial charge in [0.2, 0.25) is 5.91 Å². The molecule has 9 heteroatoms. The average molecular weight is 592 g/mol. The van der Waals surface area contributed by atoms with Crippen LogP contribution in [-0.4, -0.2) is 53.1 Å². The highest BCUT2D eigenvalue weighted by Gasteiger charge is 2.39. The van der Waals surface area contributed by atoms with E-state index in [1.165, 1.54) is 0 Å². The van der Waals surface area contributed by atoms with Crippen molar-refractivity contribution in [3.8, 4) is 0 Å². The van der Waals surface area contributed by atoms with Crippen LogP contribution >= 0.6 is 0 Å². The van der Waals surface area contributed by atoms with Crippen molar-refractivity contribution in [2.45, 2.75) is 90.9 Å². The summed E-state index contributed by atoms with van der Waals surface area (Å²) in [6.45, 7) is 11.9. The molecule has 1 heterocycles. The van der Waals surface area contributed by atoms with Crippen LogP contribution in [0.1, 0.15) is 94.8 Å². The van der Waals surface area contributed by atoms with Gasteiger partial charge in [0.15, 0.2) is 0 Å². The second-order valence-corrected chi connectivity index (χ2v) is 13.6. The number of carbonyl (C=O) groups is 4. The molecule has 0 bridgehead atoms. The van der Waals surface area contributed by atoms with Crippen LogP contribution in [0.15, 0.2) is 48.5 Å². The Labute approximate surface area is 254 Å². The summed E-state index contributed by atoms with van der Waals surface area (Å²) < 4.78 is 10.8. The Morgan fingerprint density at radius 2 is 1.47 bits per heavy atom. The Hall–Kier alpha value is -3.88. The van der Waals surface area contributed by atoms with Crippen LogP contribution in [0.25, 0.3) is 0 Å². The fourth-order valence-corrected chi connectivity index (χ4v) is 5.71. The van der Waals surface area contributed by atoms with Crippen LogP contribution in [0, 0.1) is 11.8 Å². The largest absolute Gasteiger partial charge is 0.456 e. The molecule has 0 unspecified atom stereocenters. The number of ether oxygens (including phenoxy) is 2. The summed E-state index contributed by atoms with van der Waals surface area (Å²) >= 11 is 0. The predicted molar refractivity (Wildman–Crippen MR) is 165 cm³/mol. The molecule has 0 radical (unpaired) electrons. The Bertz CT molecular complexity index is 1320. The molecule has 0 saturated heterocycles. The molecular formula is C34H45N3O6. The van der Waals surface area contributed by atoms with Gasteiger partial charge in [-0.2, -0.15) is 0 Å². The number of nitrogens with zero attached hydrogens (tertiary/aromatic N) is 1. The van der Waals surface area contributed by atoms with Gasteiger partial charge < -0.3 is 25.0 Å². The van der Waals surface area contributed by atoms with Gasteiger partial charge in [-0.05, 0) is 115 Å². The summed E-state index contributed by atoms with van der Waals surface area (Å²) in [5.41, 5.74) is 1.66. The number of benzene rings is 2. The molecule has 2 aromatic rings. The lowest BCUT2D eigenvalue weighted by molar-refractivity contribution is -0.144. The monoisotopic (exact) mass is 591 g/mol. The van der Waals surface area contributed by atoms with Gasteiger partial charge in [-0.1, -0.05) is 24.3 Å². The van der Waals surface area contributed by atoms with Crippen molar-refractivity contribution in [2.24, 2.45) is 11.8 Å². The molecule has 1 fully saturated rings. The zero-order chi connectivity index (χ0) is 31.4. The van der Waals surface area contributed by atoms with E-state index in [-0.39, 0.29) is 23.7 Å². The summed E-state index contributed by atoms with van der Waals surface area (Å²) in [5, 5.41) is 5.82. The molecule has 2 aliphatic rings. The molecule has 1 atom stereocenters. The lowest BCUT2D eigenvalue weighted by Crippen LogP contribution is -2.48. The second-order valence-electron chi connectivity index (χ2n) is 13.6. The quantitative estimate of drug-likeness (QED) is 0.396. The van der Waals surface area contributed by atoms with E-state index < -0.39 is 29.3 Å². The second kappa shape index (κ2) is 13.2. The van der Waals surface area contributed by atoms with E-state index in [0.717, 1.165) is 24.0 Å². The number of carbonyl (C=O) groups excluding carboxylic acids is 4. The van der Waals surface area contributed by atoms with Gasteiger partial charge in [0.1, 0.15) is 17.2 Å². The van der Waals surface area contributed by atoms with Crippen LogP contribution in [0.3, 0.4) is 0 Å². The van der Waals surface area contributed by atoms with E-state index in [9.17, 15) is 19.2 Å². The molecule has 4 rings (SSSR count). The molecular weight excluding hydrogens is 546 g/mol. The number of amides is 3. The maximum atomic E-state index is 13.9.